The van der Waals surface area contributed by atoms with Crippen molar-refractivity contribution in [3.05, 3.63) is 24.3 Å². The third-order valence-corrected chi connectivity index (χ3v) is 7.25. The van der Waals surface area contributed by atoms with E-state index in [1.165, 1.54) is 66.4 Å². The van der Waals surface area contributed by atoms with Crippen LogP contribution in [0.1, 0.15) is 39.5 Å². The summed E-state index contributed by atoms with van der Waals surface area (Å²) in [7, 11) is 0. The number of alkyl halides is 3. The number of tetrazole rings is 1. The summed E-state index contributed by atoms with van der Waals surface area (Å²) in [6, 6.07) is 5.34. The van der Waals surface area contributed by atoms with Crippen molar-refractivity contribution >= 4 is 17.7 Å². The van der Waals surface area contributed by atoms with E-state index in [9.17, 15) is 18.0 Å². The lowest BCUT2D eigenvalue weighted by Gasteiger charge is -2.29. The number of fused-ring (bicyclic) bond motifs is 2. The topological polar surface area (TPSA) is 81.9 Å². The lowest BCUT2D eigenvalue weighted by molar-refractivity contribution is -0.274. The van der Waals surface area contributed by atoms with Gasteiger partial charge in [-0.3, -0.25) is 4.79 Å². The molecule has 31 heavy (non-hydrogen) atoms. The molecule has 2 aliphatic rings. The van der Waals surface area contributed by atoms with Crippen LogP contribution in [-0.2, 0) is 4.79 Å². The van der Waals surface area contributed by atoms with Gasteiger partial charge >= 0.3 is 6.36 Å². The fourth-order valence-electron chi connectivity index (χ4n) is 4.77. The van der Waals surface area contributed by atoms with E-state index < -0.39 is 11.6 Å². The maximum atomic E-state index is 12.7. The van der Waals surface area contributed by atoms with Crippen molar-refractivity contribution in [1.82, 2.24) is 25.5 Å². The standard InChI is InChI=1S/C20H24F3N5O2S/c1-11(17-10-13-3-4-14(17)9-13)24-18(29)12(2)31-19-25-26-27-28(19)15-5-7-16(8-6-15)30-20(21,22)23/h5-8,11-14,17H,3-4,9-10H2,1-2H3,(H,24,29). The highest BCUT2D eigenvalue weighted by molar-refractivity contribution is 8.00. The minimum absolute atomic E-state index is 0.0799. The van der Waals surface area contributed by atoms with Gasteiger partial charge in [-0.2, -0.15) is 4.68 Å². The molecule has 168 valence electrons. The molecule has 1 heterocycles. The summed E-state index contributed by atoms with van der Waals surface area (Å²) in [5.74, 6) is 1.67. The van der Waals surface area contributed by atoms with Crippen LogP contribution >= 0.6 is 11.8 Å². The molecule has 11 heteroatoms. The summed E-state index contributed by atoms with van der Waals surface area (Å²) < 4.78 is 42.2. The molecule has 0 saturated heterocycles. The number of halogens is 3. The molecule has 1 aromatic heterocycles. The maximum absolute atomic E-state index is 12.7. The molecule has 2 saturated carbocycles. The van der Waals surface area contributed by atoms with Gasteiger partial charge in [0.2, 0.25) is 11.1 Å². The van der Waals surface area contributed by atoms with Gasteiger partial charge < -0.3 is 10.1 Å². The van der Waals surface area contributed by atoms with Gasteiger partial charge in [0, 0.05) is 6.04 Å². The number of amides is 1. The predicted octanol–water partition coefficient (Wildman–Crippen LogP) is 3.98. The van der Waals surface area contributed by atoms with Crippen LogP contribution in [0.2, 0.25) is 0 Å². The Hall–Kier alpha value is -2.30. The summed E-state index contributed by atoms with van der Waals surface area (Å²) in [5, 5.41) is 14.6. The molecular weight excluding hydrogens is 431 g/mol. The quantitative estimate of drug-likeness (QED) is 0.636. The average Bonchev–Trinajstić information content (AvgIpc) is 3.44. The summed E-state index contributed by atoms with van der Waals surface area (Å²) >= 11 is 1.20. The van der Waals surface area contributed by atoms with Gasteiger partial charge in [-0.25, -0.2) is 0 Å². The first-order valence-electron chi connectivity index (χ1n) is 10.3. The Kier molecular flexibility index (Phi) is 6.14. The zero-order valence-corrected chi connectivity index (χ0v) is 18.0. The van der Waals surface area contributed by atoms with Gasteiger partial charge in [0.05, 0.1) is 10.9 Å². The van der Waals surface area contributed by atoms with Crippen molar-refractivity contribution in [3.8, 4) is 11.4 Å². The number of ether oxygens (including phenoxy) is 1. The van der Waals surface area contributed by atoms with E-state index in [0.29, 0.717) is 16.8 Å². The Balaban J connectivity index is 1.36. The second-order valence-electron chi connectivity index (χ2n) is 8.31. The third-order valence-electron chi connectivity index (χ3n) is 6.21. The summed E-state index contributed by atoms with van der Waals surface area (Å²) in [6.45, 7) is 3.86. The van der Waals surface area contributed by atoms with E-state index in [1.54, 1.807) is 6.92 Å². The van der Waals surface area contributed by atoms with Crippen molar-refractivity contribution in [2.24, 2.45) is 17.8 Å². The predicted molar refractivity (Wildman–Crippen MR) is 108 cm³/mol. The minimum atomic E-state index is -4.75. The van der Waals surface area contributed by atoms with Crippen molar-refractivity contribution in [2.75, 3.05) is 0 Å². The number of nitrogens with one attached hydrogen (secondary N) is 1. The van der Waals surface area contributed by atoms with Crippen LogP contribution in [0.4, 0.5) is 13.2 Å². The van der Waals surface area contributed by atoms with E-state index >= 15 is 0 Å². The van der Waals surface area contributed by atoms with Gasteiger partial charge in [0.1, 0.15) is 5.75 Å². The number of hydrogen-bond donors (Lipinski definition) is 1. The lowest BCUT2D eigenvalue weighted by Crippen LogP contribution is -2.43. The van der Waals surface area contributed by atoms with Gasteiger partial charge in [0.15, 0.2) is 0 Å². The van der Waals surface area contributed by atoms with E-state index in [-0.39, 0.29) is 17.7 Å². The van der Waals surface area contributed by atoms with Crippen molar-refractivity contribution < 1.29 is 22.7 Å². The first kappa shape index (κ1) is 21.9. The smallest absolute Gasteiger partial charge is 0.406 e. The molecule has 1 aromatic carbocycles. The maximum Gasteiger partial charge on any atom is 0.573 e. The molecular formula is C20H24F3N5O2S. The fourth-order valence-corrected chi connectivity index (χ4v) is 5.59. The highest BCUT2D eigenvalue weighted by Gasteiger charge is 2.42. The molecule has 2 aromatic rings. The number of nitrogens with zero attached hydrogens (tertiary/aromatic N) is 4. The molecule has 0 radical (unpaired) electrons. The van der Waals surface area contributed by atoms with Crippen molar-refractivity contribution in [3.63, 3.8) is 0 Å². The largest absolute Gasteiger partial charge is 0.573 e. The first-order valence-corrected chi connectivity index (χ1v) is 11.2. The van der Waals surface area contributed by atoms with Gasteiger partial charge in [-0.05, 0) is 85.6 Å². The Morgan fingerprint density at radius 3 is 2.58 bits per heavy atom. The van der Waals surface area contributed by atoms with Crippen LogP contribution in [0.15, 0.2) is 29.4 Å². The summed E-state index contributed by atoms with van der Waals surface area (Å²) in [4.78, 5) is 12.7. The number of thioether (sulfide) groups is 1. The molecule has 2 bridgehead atoms. The second kappa shape index (κ2) is 8.68. The van der Waals surface area contributed by atoms with Crippen LogP contribution in [0, 0.1) is 17.8 Å². The molecule has 4 rings (SSSR count). The van der Waals surface area contributed by atoms with Crippen LogP contribution in [-0.4, -0.2) is 43.8 Å². The Labute approximate surface area is 182 Å². The monoisotopic (exact) mass is 455 g/mol. The number of aromatic nitrogens is 4. The first-order chi connectivity index (χ1) is 14.7. The Morgan fingerprint density at radius 2 is 1.97 bits per heavy atom. The molecule has 2 fully saturated rings. The highest BCUT2D eigenvalue weighted by Crippen LogP contribution is 2.49. The molecule has 2 aliphatic carbocycles. The van der Waals surface area contributed by atoms with Crippen LogP contribution in [0.25, 0.3) is 5.69 Å². The van der Waals surface area contributed by atoms with Gasteiger partial charge in [-0.1, -0.05) is 18.2 Å². The molecule has 5 atom stereocenters. The summed E-state index contributed by atoms with van der Waals surface area (Å²) in [5.41, 5.74) is 0.463. The van der Waals surface area contributed by atoms with Gasteiger partial charge in [0.25, 0.3) is 0 Å². The summed E-state index contributed by atoms with van der Waals surface area (Å²) in [6.07, 6.45) is 0.313. The highest BCUT2D eigenvalue weighted by atomic mass is 32.2. The van der Waals surface area contributed by atoms with Crippen molar-refractivity contribution in [1.29, 1.82) is 0 Å². The SMILES string of the molecule is CC(Sc1nnnn1-c1ccc(OC(F)(F)F)cc1)C(=O)NC(C)C1CC2CCC1C2. The van der Waals surface area contributed by atoms with Crippen LogP contribution < -0.4 is 10.1 Å². The fraction of sp³-hybridized carbons (Fsp3) is 0.600. The molecule has 0 spiro atoms. The average molecular weight is 456 g/mol. The van der Waals surface area contributed by atoms with Crippen molar-refractivity contribution in [2.45, 2.75) is 62.3 Å². The molecule has 0 aliphatic heterocycles. The van der Waals surface area contributed by atoms with Gasteiger partial charge in [-0.15, -0.1) is 18.3 Å². The van der Waals surface area contributed by atoms with E-state index in [1.807, 2.05) is 0 Å². The minimum Gasteiger partial charge on any atom is -0.406 e. The molecule has 7 nitrogen and oxygen atoms in total. The number of hydrogen-bond acceptors (Lipinski definition) is 6. The lowest BCUT2D eigenvalue weighted by atomic mass is 9.84. The van der Waals surface area contributed by atoms with Crippen LogP contribution in [0.5, 0.6) is 5.75 Å². The number of benzene rings is 1. The van der Waals surface area contributed by atoms with E-state index in [4.69, 9.17) is 0 Å². The number of rotatable bonds is 7. The number of carbonyl (C=O) groups is 1. The van der Waals surface area contributed by atoms with E-state index in [2.05, 4.69) is 32.5 Å². The molecule has 1 amide bonds. The molecule has 1 N–H and O–H groups in total. The molecule has 5 unspecified atom stereocenters. The second-order valence-corrected chi connectivity index (χ2v) is 9.62. The number of carbonyl (C=O) groups excluding carboxylic acids is 1. The normalized spacial score (nSPS) is 24.7. The zero-order chi connectivity index (χ0) is 22.2. The Bertz CT molecular complexity index is 920. The van der Waals surface area contributed by atoms with Crippen LogP contribution in [0.3, 0.4) is 0 Å². The van der Waals surface area contributed by atoms with E-state index in [0.717, 1.165) is 11.8 Å². The third kappa shape index (κ3) is 5.13. The zero-order valence-electron chi connectivity index (χ0n) is 17.2. The Morgan fingerprint density at radius 1 is 1.23 bits per heavy atom.